The smallest absolute Gasteiger partial charge is 0.317 e. The first-order chi connectivity index (χ1) is 11.7. The van der Waals surface area contributed by atoms with E-state index in [0.717, 1.165) is 18.4 Å². The Morgan fingerprint density at radius 2 is 2.04 bits per heavy atom. The number of carbonyl (C=O) groups is 1. The fourth-order valence-electron chi connectivity index (χ4n) is 2.81. The molecular weight excluding hydrogens is 306 g/mol. The van der Waals surface area contributed by atoms with E-state index in [2.05, 4.69) is 10.3 Å². The minimum atomic E-state index is -0.0914. The summed E-state index contributed by atoms with van der Waals surface area (Å²) in [5.41, 5.74) is 2.80. The number of aliphatic hydroxyl groups is 1. The molecule has 1 fully saturated rings. The molecule has 3 rings (SSSR count). The standard InChI is InChI=1S/C18H23N3O3/c1-13-2-4-15(5-3-13)17-20-16(12-24-17)10-19-18(23)21-8-6-14(11-22)7-9-21/h2-5,12,14,22H,6-11H2,1H3,(H,19,23). The van der Waals surface area contributed by atoms with Crippen LogP contribution in [0.4, 0.5) is 4.79 Å². The van der Waals surface area contributed by atoms with E-state index in [9.17, 15) is 4.79 Å². The van der Waals surface area contributed by atoms with E-state index in [1.165, 1.54) is 5.56 Å². The number of benzene rings is 1. The number of carbonyl (C=O) groups excluding carboxylic acids is 1. The van der Waals surface area contributed by atoms with Crippen LogP contribution in [0.1, 0.15) is 24.1 Å². The van der Waals surface area contributed by atoms with Gasteiger partial charge in [0.2, 0.25) is 5.89 Å². The maximum Gasteiger partial charge on any atom is 0.317 e. The third-order valence-electron chi connectivity index (χ3n) is 4.43. The van der Waals surface area contributed by atoms with Crippen LogP contribution in [0, 0.1) is 12.8 Å². The van der Waals surface area contributed by atoms with Gasteiger partial charge in [0, 0.05) is 25.3 Å². The van der Waals surface area contributed by atoms with E-state index in [-0.39, 0.29) is 12.6 Å². The zero-order valence-electron chi connectivity index (χ0n) is 13.9. The Morgan fingerprint density at radius 3 is 2.71 bits per heavy atom. The summed E-state index contributed by atoms with van der Waals surface area (Å²) >= 11 is 0. The Morgan fingerprint density at radius 1 is 1.33 bits per heavy atom. The lowest BCUT2D eigenvalue weighted by molar-refractivity contribution is 0.137. The number of piperidine rings is 1. The Kier molecular flexibility index (Phi) is 5.15. The van der Waals surface area contributed by atoms with Crippen molar-refractivity contribution in [1.82, 2.24) is 15.2 Å². The second kappa shape index (κ2) is 7.49. The number of hydrogen-bond donors (Lipinski definition) is 2. The third kappa shape index (κ3) is 3.94. The quantitative estimate of drug-likeness (QED) is 0.903. The van der Waals surface area contributed by atoms with Crippen molar-refractivity contribution in [1.29, 1.82) is 0 Å². The number of aryl methyl sites for hydroxylation is 1. The highest BCUT2D eigenvalue weighted by Crippen LogP contribution is 2.19. The van der Waals surface area contributed by atoms with Crippen molar-refractivity contribution in [2.45, 2.75) is 26.3 Å². The minimum absolute atomic E-state index is 0.0914. The number of hydrogen-bond acceptors (Lipinski definition) is 4. The van der Waals surface area contributed by atoms with Gasteiger partial charge < -0.3 is 19.7 Å². The average molecular weight is 329 g/mol. The van der Waals surface area contributed by atoms with Gasteiger partial charge in [-0.2, -0.15) is 0 Å². The lowest BCUT2D eigenvalue weighted by Crippen LogP contribution is -2.44. The fourth-order valence-corrected chi connectivity index (χ4v) is 2.81. The highest BCUT2D eigenvalue weighted by Gasteiger charge is 2.22. The number of nitrogens with one attached hydrogen (secondary N) is 1. The van der Waals surface area contributed by atoms with Crippen molar-refractivity contribution >= 4 is 6.03 Å². The summed E-state index contributed by atoms with van der Waals surface area (Å²) in [5, 5.41) is 12.0. The van der Waals surface area contributed by atoms with Crippen LogP contribution < -0.4 is 5.32 Å². The van der Waals surface area contributed by atoms with Crippen LogP contribution in [0.25, 0.3) is 11.5 Å². The normalized spacial score (nSPS) is 15.5. The molecule has 0 aliphatic carbocycles. The highest BCUT2D eigenvalue weighted by molar-refractivity contribution is 5.74. The molecule has 2 heterocycles. The van der Waals surface area contributed by atoms with Gasteiger partial charge in [-0.15, -0.1) is 0 Å². The summed E-state index contributed by atoms with van der Waals surface area (Å²) < 4.78 is 5.49. The van der Waals surface area contributed by atoms with Gasteiger partial charge in [-0.05, 0) is 37.8 Å². The largest absolute Gasteiger partial charge is 0.444 e. The summed E-state index contributed by atoms with van der Waals surface area (Å²) in [5.74, 6) is 0.879. The fraction of sp³-hybridized carbons (Fsp3) is 0.444. The SMILES string of the molecule is Cc1ccc(-c2nc(CNC(=O)N3CCC(CO)CC3)co2)cc1. The molecule has 6 nitrogen and oxygen atoms in total. The minimum Gasteiger partial charge on any atom is -0.444 e. The van der Waals surface area contributed by atoms with Crippen LogP contribution in [0.5, 0.6) is 0 Å². The van der Waals surface area contributed by atoms with Gasteiger partial charge in [0.25, 0.3) is 0 Å². The molecular formula is C18H23N3O3. The third-order valence-corrected chi connectivity index (χ3v) is 4.43. The van der Waals surface area contributed by atoms with E-state index in [4.69, 9.17) is 9.52 Å². The molecule has 0 atom stereocenters. The molecule has 1 aromatic heterocycles. The zero-order valence-corrected chi connectivity index (χ0v) is 13.9. The molecule has 1 aliphatic heterocycles. The number of nitrogens with zero attached hydrogens (tertiary/aromatic N) is 2. The first kappa shape index (κ1) is 16.5. The maximum absolute atomic E-state index is 12.2. The van der Waals surface area contributed by atoms with E-state index in [1.54, 1.807) is 11.2 Å². The molecule has 1 saturated heterocycles. The average Bonchev–Trinajstić information content (AvgIpc) is 3.09. The molecule has 128 valence electrons. The van der Waals surface area contributed by atoms with Crippen LogP contribution >= 0.6 is 0 Å². The monoisotopic (exact) mass is 329 g/mol. The predicted octanol–water partition coefficient (Wildman–Crippen LogP) is 2.56. The molecule has 2 amide bonds. The van der Waals surface area contributed by atoms with Gasteiger partial charge in [0.1, 0.15) is 6.26 Å². The number of likely N-dealkylation sites (tertiary alicyclic amines) is 1. The number of rotatable bonds is 4. The zero-order chi connectivity index (χ0) is 16.9. The Balaban J connectivity index is 1.52. The molecule has 1 aromatic carbocycles. The predicted molar refractivity (Wildman–Crippen MR) is 90.3 cm³/mol. The van der Waals surface area contributed by atoms with Gasteiger partial charge in [0.05, 0.1) is 12.2 Å². The van der Waals surface area contributed by atoms with Crippen molar-refractivity contribution in [2.75, 3.05) is 19.7 Å². The Bertz CT molecular complexity index is 673. The van der Waals surface area contributed by atoms with E-state index in [1.807, 2.05) is 31.2 Å². The lowest BCUT2D eigenvalue weighted by Gasteiger charge is -2.31. The summed E-state index contributed by atoms with van der Waals surface area (Å²) in [6.45, 7) is 3.95. The molecule has 0 radical (unpaired) electrons. The van der Waals surface area contributed by atoms with Crippen LogP contribution in [-0.4, -0.2) is 40.7 Å². The van der Waals surface area contributed by atoms with E-state index in [0.29, 0.717) is 37.1 Å². The summed E-state index contributed by atoms with van der Waals surface area (Å²) in [6, 6.07) is 7.86. The molecule has 2 N–H and O–H groups in total. The topological polar surface area (TPSA) is 78.6 Å². The van der Waals surface area contributed by atoms with Crippen molar-refractivity contribution in [3.8, 4) is 11.5 Å². The number of urea groups is 1. The van der Waals surface area contributed by atoms with Crippen molar-refractivity contribution < 1.29 is 14.3 Å². The van der Waals surface area contributed by atoms with Crippen LogP contribution in [0.3, 0.4) is 0 Å². The Labute approximate surface area is 141 Å². The number of aromatic nitrogens is 1. The van der Waals surface area contributed by atoms with Gasteiger partial charge in [0.15, 0.2) is 0 Å². The summed E-state index contributed by atoms with van der Waals surface area (Å²) in [7, 11) is 0. The maximum atomic E-state index is 12.2. The van der Waals surface area contributed by atoms with Gasteiger partial charge in [-0.3, -0.25) is 0 Å². The lowest BCUT2D eigenvalue weighted by atomic mass is 9.98. The summed E-state index contributed by atoms with van der Waals surface area (Å²) in [4.78, 5) is 18.4. The Hall–Kier alpha value is -2.34. The molecule has 1 aliphatic rings. The van der Waals surface area contributed by atoms with Crippen LogP contribution in [-0.2, 0) is 6.54 Å². The highest BCUT2D eigenvalue weighted by atomic mass is 16.3. The molecule has 0 bridgehead atoms. The van der Waals surface area contributed by atoms with Gasteiger partial charge >= 0.3 is 6.03 Å². The second-order valence-electron chi connectivity index (χ2n) is 6.28. The van der Waals surface area contributed by atoms with Crippen molar-refractivity contribution in [3.05, 3.63) is 41.8 Å². The number of amides is 2. The van der Waals surface area contributed by atoms with Gasteiger partial charge in [-0.1, -0.05) is 17.7 Å². The van der Waals surface area contributed by atoms with Crippen molar-refractivity contribution in [2.24, 2.45) is 5.92 Å². The van der Waals surface area contributed by atoms with Crippen LogP contribution in [0.2, 0.25) is 0 Å². The first-order valence-corrected chi connectivity index (χ1v) is 8.31. The summed E-state index contributed by atoms with van der Waals surface area (Å²) in [6.07, 6.45) is 3.28. The number of oxazole rings is 1. The molecule has 0 saturated carbocycles. The van der Waals surface area contributed by atoms with E-state index < -0.39 is 0 Å². The molecule has 6 heteroatoms. The van der Waals surface area contributed by atoms with Crippen LogP contribution in [0.15, 0.2) is 34.9 Å². The first-order valence-electron chi connectivity index (χ1n) is 8.31. The molecule has 0 unspecified atom stereocenters. The van der Waals surface area contributed by atoms with Gasteiger partial charge in [-0.25, -0.2) is 9.78 Å². The number of aliphatic hydroxyl groups excluding tert-OH is 1. The second-order valence-corrected chi connectivity index (χ2v) is 6.28. The van der Waals surface area contributed by atoms with Crippen molar-refractivity contribution in [3.63, 3.8) is 0 Å². The molecule has 0 spiro atoms. The molecule has 24 heavy (non-hydrogen) atoms. The van der Waals surface area contributed by atoms with E-state index >= 15 is 0 Å². The molecule has 2 aromatic rings.